The molecule has 0 bridgehead atoms. The van der Waals surface area contributed by atoms with Crippen molar-refractivity contribution in [1.82, 2.24) is 0 Å². The first-order chi connectivity index (χ1) is 13.9. The smallest absolute Gasteiger partial charge is 0.303 e. The van der Waals surface area contributed by atoms with Gasteiger partial charge in [0.05, 0.1) is 27.7 Å². The Morgan fingerprint density at radius 2 is 1.69 bits per heavy atom. The van der Waals surface area contributed by atoms with Crippen molar-refractivity contribution in [1.29, 1.82) is 0 Å². The molecule has 2 unspecified atom stereocenters. The Morgan fingerprint density at radius 1 is 1.00 bits per heavy atom. The number of benzene rings is 3. The summed E-state index contributed by atoms with van der Waals surface area (Å²) in [6.07, 6.45) is 0.469. The molecule has 2 atom stereocenters. The van der Waals surface area contributed by atoms with Crippen molar-refractivity contribution < 1.29 is 24.0 Å². The van der Waals surface area contributed by atoms with E-state index in [0.29, 0.717) is 38.7 Å². The van der Waals surface area contributed by atoms with Crippen LogP contribution in [0.5, 0.6) is 5.75 Å². The second-order valence-corrected chi connectivity index (χ2v) is 8.35. The molecule has 1 aliphatic rings. The molecule has 1 heterocycles. The summed E-state index contributed by atoms with van der Waals surface area (Å²) in [5.41, 5.74) is 1.16. The summed E-state index contributed by atoms with van der Waals surface area (Å²) in [5.74, 6) is -0.276. The number of hydrogen-bond donors (Lipinski definition) is 2. The minimum absolute atomic E-state index is 0.0497. The molecule has 0 radical (unpaired) electrons. The number of carboxylic acids is 1. The lowest BCUT2D eigenvalue weighted by Gasteiger charge is -2.36. The molecule has 148 valence electrons. The zero-order chi connectivity index (χ0) is 20.6. The maximum atomic E-state index is 13.2. The molecule has 1 aliphatic heterocycles. The highest BCUT2D eigenvalue weighted by molar-refractivity contribution is 7.85. The molecule has 0 aromatic heterocycles. The molecule has 0 aliphatic carbocycles. The lowest BCUT2D eigenvalue weighted by Crippen LogP contribution is -2.34. The fourth-order valence-corrected chi connectivity index (χ4v) is 5.24. The van der Waals surface area contributed by atoms with E-state index in [4.69, 9.17) is 9.84 Å². The summed E-state index contributed by atoms with van der Waals surface area (Å²) < 4.78 is 18.5. The summed E-state index contributed by atoms with van der Waals surface area (Å²) in [7, 11) is 0.105. The minimum atomic E-state index is -1.47. The third-order valence-corrected chi connectivity index (χ3v) is 6.75. The Bertz CT molecular complexity index is 1110. The summed E-state index contributed by atoms with van der Waals surface area (Å²) >= 11 is 0. The number of rotatable bonds is 5. The van der Waals surface area contributed by atoms with E-state index in [0.717, 1.165) is 5.56 Å². The van der Waals surface area contributed by atoms with Crippen molar-refractivity contribution in [2.75, 3.05) is 7.11 Å². The van der Waals surface area contributed by atoms with Gasteiger partial charge in [-0.15, -0.1) is 0 Å². The molecular formula is C23H20O5S. The third-order valence-electron chi connectivity index (χ3n) is 5.25. The number of carboxylic acid groups (broad SMARTS) is 1. The number of aliphatic hydroxyl groups is 1. The van der Waals surface area contributed by atoms with Gasteiger partial charge in [-0.2, -0.15) is 0 Å². The van der Waals surface area contributed by atoms with Gasteiger partial charge >= 0.3 is 5.97 Å². The molecule has 3 aromatic carbocycles. The molecule has 0 saturated heterocycles. The maximum absolute atomic E-state index is 13.2. The van der Waals surface area contributed by atoms with E-state index >= 15 is 0 Å². The van der Waals surface area contributed by atoms with Gasteiger partial charge in [0, 0.05) is 17.5 Å². The van der Waals surface area contributed by atoms with Crippen molar-refractivity contribution >= 4 is 16.8 Å². The van der Waals surface area contributed by atoms with Crippen LogP contribution in [-0.2, 0) is 27.6 Å². The Morgan fingerprint density at radius 3 is 2.38 bits per heavy atom. The highest BCUT2D eigenvalue weighted by Gasteiger charge is 2.43. The van der Waals surface area contributed by atoms with Crippen molar-refractivity contribution in [3.8, 4) is 5.75 Å². The monoisotopic (exact) mass is 408 g/mol. The van der Waals surface area contributed by atoms with Gasteiger partial charge < -0.3 is 14.9 Å². The second-order valence-electron chi connectivity index (χ2n) is 6.93. The number of methoxy groups -OCH3 is 1. The molecular weight excluding hydrogens is 388 g/mol. The highest BCUT2D eigenvalue weighted by Crippen LogP contribution is 2.47. The number of fused-ring (bicyclic) bond motifs is 2. The van der Waals surface area contributed by atoms with Crippen LogP contribution in [0.1, 0.15) is 28.7 Å². The van der Waals surface area contributed by atoms with Gasteiger partial charge in [0.15, 0.2) is 0 Å². The van der Waals surface area contributed by atoms with E-state index in [9.17, 15) is 14.1 Å². The van der Waals surface area contributed by atoms with E-state index in [1.54, 1.807) is 55.6 Å². The lowest BCUT2D eigenvalue weighted by atomic mass is 9.79. The van der Waals surface area contributed by atoms with Crippen LogP contribution in [-0.4, -0.2) is 27.5 Å². The first-order valence-electron chi connectivity index (χ1n) is 9.18. The van der Waals surface area contributed by atoms with E-state index in [1.807, 2.05) is 18.2 Å². The van der Waals surface area contributed by atoms with Crippen LogP contribution in [0.4, 0.5) is 0 Å². The van der Waals surface area contributed by atoms with Gasteiger partial charge in [-0.3, -0.25) is 4.79 Å². The van der Waals surface area contributed by atoms with Crippen LogP contribution in [0.2, 0.25) is 0 Å². The molecule has 4 rings (SSSR count). The van der Waals surface area contributed by atoms with E-state index in [-0.39, 0.29) is 6.42 Å². The maximum Gasteiger partial charge on any atom is 0.303 e. The summed E-state index contributed by atoms with van der Waals surface area (Å²) in [5, 5.41) is 20.8. The first-order valence-corrected chi connectivity index (χ1v) is 10.3. The molecule has 6 heteroatoms. The Kier molecular flexibility index (Phi) is 4.98. The molecule has 3 aromatic rings. The SMILES string of the molecule is COc1ccc2c(c1)S(=O)c1ccccc1C2(O)c1ccc(CCC(=O)O)cc1. The second kappa shape index (κ2) is 7.46. The van der Waals surface area contributed by atoms with E-state index < -0.39 is 22.4 Å². The summed E-state index contributed by atoms with van der Waals surface area (Å²) in [6.45, 7) is 0. The zero-order valence-corrected chi connectivity index (χ0v) is 16.6. The molecule has 29 heavy (non-hydrogen) atoms. The predicted molar refractivity (Wildman–Crippen MR) is 109 cm³/mol. The van der Waals surface area contributed by atoms with Gasteiger partial charge in [0.2, 0.25) is 0 Å². The Balaban J connectivity index is 1.87. The normalized spacial score (nSPS) is 19.9. The van der Waals surface area contributed by atoms with Gasteiger partial charge in [-0.25, -0.2) is 4.21 Å². The lowest BCUT2D eigenvalue weighted by molar-refractivity contribution is -0.136. The molecule has 5 nitrogen and oxygen atoms in total. The average Bonchev–Trinajstić information content (AvgIpc) is 2.76. The van der Waals surface area contributed by atoms with Crippen molar-refractivity contribution in [2.45, 2.75) is 28.2 Å². The quantitative estimate of drug-likeness (QED) is 0.675. The standard InChI is InChI=1S/C23H20O5S/c1-28-17-11-12-19-21(14-17)29(27)20-5-3-2-4-18(20)23(19,26)16-9-6-15(7-10-16)8-13-22(24)25/h2-7,9-12,14,26H,8,13H2,1H3,(H,24,25). The largest absolute Gasteiger partial charge is 0.497 e. The predicted octanol–water partition coefficient (Wildman–Crippen LogP) is 3.48. The van der Waals surface area contributed by atoms with Crippen molar-refractivity contribution in [3.63, 3.8) is 0 Å². The van der Waals surface area contributed by atoms with Crippen molar-refractivity contribution in [3.05, 3.63) is 89.0 Å². The van der Waals surface area contributed by atoms with Crippen LogP contribution < -0.4 is 4.74 Å². The van der Waals surface area contributed by atoms with Gasteiger partial charge in [-0.05, 0) is 35.7 Å². The number of ether oxygens (including phenoxy) is 1. The van der Waals surface area contributed by atoms with Crippen LogP contribution >= 0.6 is 0 Å². The zero-order valence-electron chi connectivity index (χ0n) is 15.8. The van der Waals surface area contributed by atoms with Crippen LogP contribution in [0, 0.1) is 0 Å². The third kappa shape index (κ3) is 3.24. The van der Waals surface area contributed by atoms with Gasteiger partial charge in [0.1, 0.15) is 11.4 Å². The molecule has 0 spiro atoms. The number of hydrogen-bond acceptors (Lipinski definition) is 4. The fraction of sp³-hybridized carbons (Fsp3) is 0.174. The molecule has 0 saturated carbocycles. The van der Waals surface area contributed by atoms with E-state index in [2.05, 4.69) is 0 Å². The Labute approximate surface area is 171 Å². The average molecular weight is 408 g/mol. The van der Waals surface area contributed by atoms with Crippen molar-refractivity contribution in [2.24, 2.45) is 0 Å². The molecule has 2 N–H and O–H groups in total. The van der Waals surface area contributed by atoms with Crippen LogP contribution in [0.3, 0.4) is 0 Å². The topological polar surface area (TPSA) is 83.8 Å². The number of aryl methyl sites for hydroxylation is 1. The molecule has 0 amide bonds. The van der Waals surface area contributed by atoms with Gasteiger partial charge in [0.25, 0.3) is 0 Å². The Hall–Kier alpha value is -2.96. The van der Waals surface area contributed by atoms with Crippen LogP contribution in [0.25, 0.3) is 0 Å². The number of carbonyl (C=O) groups is 1. The summed E-state index contributed by atoms with van der Waals surface area (Å²) in [6, 6.07) is 19.6. The van der Waals surface area contributed by atoms with Crippen LogP contribution in [0.15, 0.2) is 76.5 Å². The first kappa shape index (κ1) is 19.4. The summed E-state index contributed by atoms with van der Waals surface area (Å²) in [4.78, 5) is 11.9. The van der Waals surface area contributed by atoms with Gasteiger partial charge in [-0.1, -0.05) is 48.5 Å². The van der Waals surface area contributed by atoms with E-state index in [1.165, 1.54) is 0 Å². The fourth-order valence-electron chi connectivity index (χ4n) is 3.75. The highest BCUT2D eigenvalue weighted by atomic mass is 32.2. The number of aliphatic carboxylic acids is 1. The molecule has 0 fully saturated rings. The minimum Gasteiger partial charge on any atom is -0.497 e.